The summed E-state index contributed by atoms with van der Waals surface area (Å²) in [7, 11) is 0. The summed E-state index contributed by atoms with van der Waals surface area (Å²) in [6.45, 7) is 1.60. The van der Waals surface area contributed by atoms with Crippen LogP contribution < -0.4 is 5.56 Å². The van der Waals surface area contributed by atoms with E-state index in [1.807, 2.05) is 0 Å². The number of piperazine rings is 1. The average molecular weight is 352 g/mol. The second-order valence-electron chi connectivity index (χ2n) is 6.01. The molecule has 2 amide bonds. The van der Waals surface area contributed by atoms with Crippen LogP contribution in [0, 0.1) is 0 Å². The zero-order valence-electron chi connectivity index (χ0n) is 13.8. The summed E-state index contributed by atoms with van der Waals surface area (Å²) in [4.78, 5) is 40.3. The Kier molecular flexibility index (Phi) is 4.00. The number of aromatic amines is 1. The van der Waals surface area contributed by atoms with Crippen LogP contribution in [0.1, 0.15) is 21.0 Å². The van der Waals surface area contributed by atoms with Gasteiger partial charge in [-0.15, -0.1) is 0 Å². The first-order valence-electron chi connectivity index (χ1n) is 8.24. The highest BCUT2D eigenvalue weighted by Crippen LogP contribution is 2.16. The fourth-order valence-electron chi connectivity index (χ4n) is 3.10. The maximum Gasteiger partial charge on any atom is 0.289 e. The van der Waals surface area contributed by atoms with E-state index in [-0.39, 0.29) is 28.8 Å². The van der Waals surface area contributed by atoms with Crippen LogP contribution in [0.25, 0.3) is 10.8 Å². The lowest BCUT2D eigenvalue weighted by molar-refractivity contribution is 0.0515. The minimum Gasteiger partial charge on any atom is -0.459 e. The topological polar surface area (TPSA) is 99.5 Å². The van der Waals surface area contributed by atoms with Crippen molar-refractivity contribution in [3.8, 4) is 0 Å². The molecule has 1 N–H and O–H groups in total. The van der Waals surface area contributed by atoms with E-state index < -0.39 is 0 Å². The largest absolute Gasteiger partial charge is 0.459 e. The highest BCUT2D eigenvalue weighted by molar-refractivity contribution is 6.04. The van der Waals surface area contributed by atoms with E-state index in [2.05, 4.69) is 10.2 Å². The van der Waals surface area contributed by atoms with Crippen molar-refractivity contribution in [2.24, 2.45) is 0 Å². The molecule has 0 saturated carbocycles. The van der Waals surface area contributed by atoms with Crippen LogP contribution in [0.5, 0.6) is 0 Å². The van der Waals surface area contributed by atoms with Crippen molar-refractivity contribution in [2.45, 2.75) is 0 Å². The number of aromatic nitrogens is 2. The number of hydrogen-bond acceptors (Lipinski definition) is 5. The maximum absolute atomic E-state index is 12.8. The number of carbonyl (C=O) groups is 2. The number of carbonyl (C=O) groups excluding carboxylic acids is 2. The van der Waals surface area contributed by atoms with Crippen molar-refractivity contribution in [1.29, 1.82) is 0 Å². The van der Waals surface area contributed by atoms with Crippen LogP contribution in [0.4, 0.5) is 0 Å². The second-order valence-corrected chi connectivity index (χ2v) is 6.01. The van der Waals surface area contributed by atoms with Crippen molar-refractivity contribution >= 4 is 22.6 Å². The average Bonchev–Trinajstić information content (AvgIpc) is 3.22. The van der Waals surface area contributed by atoms with Crippen LogP contribution >= 0.6 is 0 Å². The third kappa shape index (κ3) is 2.75. The Morgan fingerprint density at radius 1 is 0.923 bits per heavy atom. The molecule has 1 aliphatic rings. The van der Waals surface area contributed by atoms with Gasteiger partial charge in [0.1, 0.15) is 0 Å². The summed E-state index contributed by atoms with van der Waals surface area (Å²) < 4.78 is 5.14. The molecule has 0 spiro atoms. The molecule has 0 atom stereocenters. The molecule has 8 heteroatoms. The Labute approximate surface area is 148 Å². The van der Waals surface area contributed by atoms with Crippen LogP contribution in [-0.4, -0.2) is 58.0 Å². The molecule has 0 unspecified atom stereocenters. The zero-order valence-corrected chi connectivity index (χ0v) is 13.8. The van der Waals surface area contributed by atoms with E-state index in [1.54, 1.807) is 46.2 Å². The number of rotatable bonds is 2. The smallest absolute Gasteiger partial charge is 0.289 e. The predicted molar refractivity (Wildman–Crippen MR) is 92.9 cm³/mol. The van der Waals surface area contributed by atoms with Crippen molar-refractivity contribution < 1.29 is 14.0 Å². The summed E-state index contributed by atoms with van der Waals surface area (Å²) in [5, 5.41) is 7.28. The molecule has 4 rings (SSSR count). The summed E-state index contributed by atoms with van der Waals surface area (Å²) in [6.07, 6.45) is 1.46. The predicted octanol–water partition coefficient (Wildman–Crippen LogP) is 1.11. The van der Waals surface area contributed by atoms with Gasteiger partial charge in [-0.05, 0) is 18.2 Å². The molecule has 1 saturated heterocycles. The molecule has 3 aromatic rings. The Hall–Kier alpha value is -3.42. The third-order valence-corrected chi connectivity index (χ3v) is 4.48. The molecule has 0 aliphatic carbocycles. The fourth-order valence-corrected chi connectivity index (χ4v) is 3.10. The molecule has 1 aromatic carbocycles. The molecule has 2 aromatic heterocycles. The second kappa shape index (κ2) is 6.47. The van der Waals surface area contributed by atoms with E-state index in [1.165, 1.54) is 6.26 Å². The molecule has 3 heterocycles. The Balaban J connectivity index is 1.52. The van der Waals surface area contributed by atoms with Crippen molar-refractivity contribution in [3.63, 3.8) is 0 Å². The van der Waals surface area contributed by atoms with Crippen LogP contribution in [0.15, 0.2) is 51.9 Å². The molecular formula is C18H16N4O4. The molecule has 8 nitrogen and oxygen atoms in total. The standard InChI is InChI=1S/C18H16N4O4/c23-16-13-5-2-1-4-12(13)15(19-20-16)18(25)22-9-7-21(8-10-22)17(24)14-6-3-11-26-14/h1-6,11H,7-10H2,(H,20,23). The zero-order chi connectivity index (χ0) is 18.1. The Morgan fingerprint density at radius 2 is 1.58 bits per heavy atom. The van der Waals surface area contributed by atoms with Gasteiger partial charge in [-0.2, -0.15) is 5.10 Å². The molecule has 0 bridgehead atoms. The minimum atomic E-state index is -0.328. The molecule has 1 fully saturated rings. The minimum absolute atomic E-state index is 0.185. The first-order valence-corrected chi connectivity index (χ1v) is 8.24. The normalized spacial score (nSPS) is 14.6. The number of nitrogens with one attached hydrogen (secondary N) is 1. The first-order chi connectivity index (χ1) is 12.6. The number of hydrogen-bond donors (Lipinski definition) is 1. The van der Waals surface area contributed by atoms with Crippen molar-refractivity contribution in [1.82, 2.24) is 20.0 Å². The summed E-state index contributed by atoms with van der Waals surface area (Å²) in [5.41, 5.74) is -0.114. The van der Waals surface area contributed by atoms with Gasteiger partial charge >= 0.3 is 0 Å². The number of amides is 2. The maximum atomic E-state index is 12.8. The summed E-state index contributed by atoms with van der Waals surface area (Å²) >= 11 is 0. The molecule has 132 valence electrons. The van der Waals surface area contributed by atoms with E-state index in [4.69, 9.17) is 4.42 Å². The molecule has 1 aliphatic heterocycles. The van der Waals surface area contributed by atoms with Crippen LogP contribution in [0.3, 0.4) is 0 Å². The highest BCUT2D eigenvalue weighted by atomic mass is 16.3. The van der Waals surface area contributed by atoms with Crippen LogP contribution in [-0.2, 0) is 0 Å². The number of fused-ring (bicyclic) bond motifs is 1. The number of H-pyrrole nitrogens is 1. The van der Waals surface area contributed by atoms with Gasteiger partial charge in [-0.3, -0.25) is 14.4 Å². The van der Waals surface area contributed by atoms with E-state index in [0.29, 0.717) is 37.0 Å². The van der Waals surface area contributed by atoms with Gasteiger partial charge in [0.25, 0.3) is 17.4 Å². The monoisotopic (exact) mass is 352 g/mol. The quantitative estimate of drug-likeness (QED) is 0.745. The van der Waals surface area contributed by atoms with Gasteiger partial charge in [0.05, 0.1) is 11.6 Å². The molecule has 0 radical (unpaired) electrons. The van der Waals surface area contributed by atoms with E-state index in [0.717, 1.165) is 0 Å². The number of benzene rings is 1. The Bertz CT molecular complexity index is 1020. The Morgan fingerprint density at radius 3 is 2.23 bits per heavy atom. The summed E-state index contributed by atoms with van der Waals surface area (Å²) in [6, 6.07) is 10.2. The molecule has 26 heavy (non-hydrogen) atoms. The number of nitrogens with zero attached hydrogens (tertiary/aromatic N) is 3. The van der Waals surface area contributed by atoms with Crippen molar-refractivity contribution in [2.75, 3.05) is 26.2 Å². The van der Waals surface area contributed by atoms with Gasteiger partial charge in [-0.1, -0.05) is 18.2 Å². The highest BCUT2D eigenvalue weighted by Gasteiger charge is 2.28. The first kappa shape index (κ1) is 16.1. The SMILES string of the molecule is O=C(c1ccco1)N1CCN(C(=O)c2n[nH]c(=O)c3ccccc23)CC1. The molecular weight excluding hydrogens is 336 g/mol. The van der Waals surface area contributed by atoms with Crippen LogP contribution in [0.2, 0.25) is 0 Å². The van der Waals surface area contributed by atoms with Gasteiger partial charge in [0, 0.05) is 31.6 Å². The van der Waals surface area contributed by atoms with Crippen molar-refractivity contribution in [3.05, 3.63) is 64.5 Å². The number of furan rings is 1. The van der Waals surface area contributed by atoms with Gasteiger partial charge in [0.15, 0.2) is 11.5 Å². The lowest BCUT2D eigenvalue weighted by atomic mass is 10.1. The third-order valence-electron chi connectivity index (χ3n) is 4.48. The summed E-state index contributed by atoms with van der Waals surface area (Å²) in [5.74, 6) is -0.157. The fraction of sp³-hybridized carbons (Fsp3) is 0.222. The van der Waals surface area contributed by atoms with E-state index in [9.17, 15) is 14.4 Å². The lowest BCUT2D eigenvalue weighted by Crippen LogP contribution is -2.50. The van der Waals surface area contributed by atoms with Gasteiger partial charge < -0.3 is 14.2 Å². The lowest BCUT2D eigenvalue weighted by Gasteiger charge is -2.34. The van der Waals surface area contributed by atoms with Gasteiger partial charge in [-0.25, -0.2) is 5.10 Å². The van der Waals surface area contributed by atoms with Gasteiger partial charge in [0.2, 0.25) is 0 Å². The van der Waals surface area contributed by atoms with E-state index >= 15 is 0 Å².